The van der Waals surface area contributed by atoms with Crippen molar-refractivity contribution in [3.05, 3.63) is 0 Å². The maximum atomic E-state index is 14.5. The van der Waals surface area contributed by atoms with Crippen LogP contribution in [0.5, 0.6) is 0 Å². The Hall–Kier alpha value is 1.43. The van der Waals surface area contributed by atoms with E-state index in [9.17, 15) is 4.80 Å². The summed E-state index contributed by atoms with van der Waals surface area (Å²) in [5.41, 5.74) is -0.404. The third kappa shape index (κ3) is 10.1. The lowest BCUT2D eigenvalue weighted by Crippen LogP contribution is -2.87. The third-order valence-corrected chi connectivity index (χ3v) is 60.4. The van der Waals surface area contributed by atoms with Crippen LogP contribution in [0.25, 0.3) is 0 Å². The van der Waals surface area contributed by atoms with Crippen molar-refractivity contribution in [1.29, 1.82) is 0 Å². The molecule has 4 aliphatic heterocycles. The maximum absolute atomic E-state index is 14.5. The highest BCUT2D eigenvalue weighted by atomic mass is 28.6. The Kier molecular flexibility index (Phi) is 15.5. The maximum Gasteiger partial charge on any atom is 0.486 e. The van der Waals surface area contributed by atoms with Crippen molar-refractivity contribution >= 4 is 78.8 Å². The largest absolute Gasteiger partial charge is 0.486 e. The summed E-state index contributed by atoms with van der Waals surface area (Å²) in [6, 6.07) is 0. The molecule has 0 aromatic carbocycles. The summed E-state index contributed by atoms with van der Waals surface area (Å²) in [5.74, 6) is 0. The second-order valence-corrected chi connectivity index (χ2v) is 54.2. The molecule has 13 nitrogen and oxygen atoms in total. The fraction of sp³-hybridized carbons (Fsp3) is 1.00. The standard InChI is InChI=1S/C46H90O13Si9/c1-60(2)48-61(3,4)50-64(42-30-16-7-17-31-42)54-66(44-34-20-9-21-35-44)52-62(47,40-26-12-5-13-27-40)51-65(43-32-18-8-19-33-43)53-63(49-60,41-28-14-6-15-29-41)55-67(56-64,45-36-22-10-23-37-45)59-68(57-65,58-66)46-38-24-11-25-39-46/h40-47H,5-39H2,1-4H3. The average molecular weight is 1100 g/mol. The topological polar surface area (TPSA) is 131 Å². The SMILES string of the molecule is C[Si]1(C)O[Si](C)(C)O[Si]2(C3CCCCC3)O[Si]3(C4CCCCC4)O[Si](O)(C4CCCCC4)O[Si]4(C5CCCCC5)O[Si](C5CCCCC5)(O1)O[Si](C1CCCCC1)(O2)O[Si](C1CCCCC1)(O4)O3. The fourth-order valence-corrected chi connectivity index (χ4v) is 72.5. The molecular weight excluding hydrogens is 1010 g/mol. The molecule has 0 amide bonds. The van der Waals surface area contributed by atoms with Crippen molar-refractivity contribution in [2.24, 2.45) is 0 Å². The Morgan fingerprint density at radius 1 is 0.221 bits per heavy atom. The molecular formula is C46H90O13Si9. The predicted molar refractivity (Wildman–Crippen MR) is 278 cm³/mol. The lowest BCUT2D eigenvalue weighted by Gasteiger charge is -2.64. The van der Waals surface area contributed by atoms with Crippen molar-refractivity contribution < 1.29 is 54.2 Å². The van der Waals surface area contributed by atoms with E-state index in [1.807, 2.05) is 0 Å². The van der Waals surface area contributed by atoms with Crippen LogP contribution in [0.2, 0.25) is 65.0 Å². The van der Waals surface area contributed by atoms with Crippen LogP contribution < -0.4 is 0 Å². The van der Waals surface area contributed by atoms with Gasteiger partial charge in [0.25, 0.3) is 0 Å². The summed E-state index contributed by atoms with van der Waals surface area (Å²) >= 11 is 0. The van der Waals surface area contributed by atoms with Crippen LogP contribution in [0, 0.1) is 0 Å². The second-order valence-electron chi connectivity index (χ2n) is 24.6. The van der Waals surface area contributed by atoms with Crippen LogP contribution in [0.1, 0.15) is 225 Å². The van der Waals surface area contributed by atoms with Crippen molar-refractivity contribution in [2.45, 2.75) is 290 Å². The van der Waals surface area contributed by atoms with Crippen molar-refractivity contribution in [3.8, 4) is 0 Å². The van der Waals surface area contributed by atoms with Gasteiger partial charge in [-0.1, -0.05) is 135 Å². The Morgan fingerprint density at radius 3 is 0.618 bits per heavy atom. The van der Waals surface area contributed by atoms with E-state index in [1.165, 1.54) is 25.7 Å². The normalized spacial score (nSPS) is 45.0. The molecule has 4 saturated heterocycles. The van der Waals surface area contributed by atoms with E-state index in [2.05, 4.69) is 26.2 Å². The summed E-state index contributed by atoms with van der Waals surface area (Å²) in [5, 5.41) is 0. The zero-order valence-corrected chi connectivity index (χ0v) is 51.6. The molecule has 388 valence electrons. The zero-order valence-electron chi connectivity index (χ0n) is 42.6. The highest BCUT2D eigenvalue weighted by Crippen LogP contribution is 2.63. The van der Waals surface area contributed by atoms with Crippen LogP contribution in [0.15, 0.2) is 0 Å². The monoisotopic (exact) mass is 1100 g/mol. The third-order valence-electron chi connectivity index (χ3n) is 18.6. The van der Waals surface area contributed by atoms with Gasteiger partial charge in [-0.15, -0.1) is 0 Å². The van der Waals surface area contributed by atoms with E-state index < -0.39 is 78.8 Å². The molecule has 4 atom stereocenters. The molecule has 0 aromatic rings. The summed E-state index contributed by atoms with van der Waals surface area (Å²) in [6.07, 6.45) is 35.9. The highest BCUT2D eigenvalue weighted by Gasteiger charge is 2.84. The molecule has 11 aliphatic rings. The molecule has 1 N–H and O–H groups in total. The summed E-state index contributed by atoms with van der Waals surface area (Å²) < 4.78 is 101. The van der Waals surface area contributed by atoms with Crippen LogP contribution in [-0.2, 0) is 49.4 Å². The van der Waals surface area contributed by atoms with Gasteiger partial charge in [-0.3, -0.25) is 0 Å². The van der Waals surface area contributed by atoms with Crippen molar-refractivity contribution in [2.75, 3.05) is 0 Å². The lowest BCUT2D eigenvalue weighted by atomic mass is 10.0. The van der Waals surface area contributed by atoms with E-state index in [-0.39, 0.29) is 38.8 Å². The summed E-state index contributed by atoms with van der Waals surface area (Å²) in [6.45, 7) is 8.88. The van der Waals surface area contributed by atoms with E-state index in [4.69, 9.17) is 49.4 Å². The molecule has 0 aromatic heterocycles. The van der Waals surface area contributed by atoms with Gasteiger partial charge in [0.15, 0.2) is 0 Å². The molecule has 22 heteroatoms. The molecule has 11 rings (SSSR count). The number of fused-ring (bicyclic) bond motifs is 4. The first-order valence-electron chi connectivity index (χ1n) is 28.9. The van der Waals surface area contributed by atoms with E-state index in [0.717, 1.165) is 199 Å². The van der Waals surface area contributed by atoms with E-state index in [0.29, 0.717) is 0 Å². The smallest absolute Gasteiger partial charge is 0.416 e. The quantitative estimate of drug-likeness (QED) is 0.243. The molecule has 6 bridgehead atoms. The summed E-state index contributed by atoms with van der Waals surface area (Å²) in [4.78, 5) is 14.5. The first-order valence-corrected chi connectivity index (χ1v) is 47.1. The molecule has 68 heavy (non-hydrogen) atoms. The van der Waals surface area contributed by atoms with E-state index in [1.54, 1.807) is 0 Å². The first-order chi connectivity index (χ1) is 32.7. The summed E-state index contributed by atoms with van der Waals surface area (Å²) in [7, 11) is -35.6. The predicted octanol–water partition coefficient (Wildman–Crippen LogP) is 13.5. The number of rotatable bonds is 7. The Labute approximate surface area is 420 Å². The Morgan fingerprint density at radius 2 is 0.397 bits per heavy atom. The minimum atomic E-state index is -4.36. The van der Waals surface area contributed by atoms with Gasteiger partial charge in [-0.05, 0) is 116 Å². The molecule has 0 radical (unpaired) electrons. The molecule has 7 saturated carbocycles. The second kappa shape index (κ2) is 20.4. The number of hydrogen-bond acceptors (Lipinski definition) is 13. The Balaban J connectivity index is 1.26. The van der Waals surface area contributed by atoms with E-state index >= 15 is 0 Å². The van der Waals surface area contributed by atoms with Gasteiger partial charge in [-0.2, -0.15) is 0 Å². The van der Waals surface area contributed by atoms with Crippen molar-refractivity contribution in [1.82, 2.24) is 0 Å². The Bertz CT molecular complexity index is 1630. The van der Waals surface area contributed by atoms with Crippen LogP contribution in [0.3, 0.4) is 0 Å². The molecule has 0 spiro atoms. The minimum Gasteiger partial charge on any atom is -0.416 e. The zero-order chi connectivity index (χ0) is 46.8. The van der Waals surface area contributed by atoms with Gasteiger partial charge in [-0.25, -0.2) is 0 Å². The highest BCUT2D eigenvalue weighted by molar-refractivity contribution is 7.02. The first kappa shape index (κ1) is 51.5. The van der Waals surface area contributed by atoms with Gasteiger partial charge in [0.2, 0.25) is 0 Å². The molecule has 7 aliphatic carbocycles. The lowest BCUT2D eigenvalue weighted by molar-refractivity contribution is -0.0191. The van der Waals surface area contributed by atoms with Gasteiger partial charge >= 0.3 is 78.8 Å². The van der Waals surface area contributed by atoms with Crippen molar-refractivity contribution in [3.63, 3.8) is 0 Å². The molecule has 11 fully saturated rings. The molecule has 4 unspecified atom stereocenters. The molecule has 4 heterocycles. The van der Waals surface area contributed by atoms with Crippen LogP contribution in [-0.4, -0.2) is 83.5 Å². The number of hydrogen-bond donors (Lipinski definition) is 1. The fourth-order valence-electron chi connectivity index (χ4n) is 15.4. The average Bonchev–Trinajstić information content (AvgIpc) is 3.33. The van der Waals surface area contributed by atoms with Crippen LogP contribution >= 0.6 is 0 Å². The van der Waals surface area contributed by atoms with Gasteiger partial charge in [0.1, 0.15) is 0 Å². The van der Waals surface area contributed by atoms with Gasteiger partial charge in [0, 0.05) is 38.8 Å². The van der Waals surface area contributed by atoms with Gasteiger partial charge < -0.3 is 54.2 Å². The minimum absolute atomic E-state index is 0.00910. The van der Waals surface area contributed by atoms with Crippen LogP contribution in [0.4, 0.5) is 0 Å². The van der Waals surface area contributed by atoms with Gasteiger partial charge in [0.05, 0.1) is 0 Å².